The maximum absolute atomic E-state index is 11.9. The number of hydrogen-bond donors (Lipinski definition) is 2. The third kappa shape index (κ3) is 3.47. The van der Waals surface area contributed by atoms with E-state index in [1.165, 1.54) is 0 Å². The summed E-state index contributed by atoms with van der Waals surface area (Å²) in [5.74, 6) is 0.182. The number of nitrogens with one attached hydrogen (secondary N) is 1. The molecule has 0 atom stereocenters. The molecule has 98 valence electrons. The Hall–Kier alpha value is -1.55. The van der Waals surface area contributed by atoms with Crippen molar-refractivity contribution >= 4 is 5.91 Å². The Balaban J connectivity index is 1.84. The number of aromatic hydroxyl groups is 1. The van der Waals surface area contributed by atoms with Crippen LogP contribution in [-0.2, 0) is 11.2 Å². The first kappa shape index (κ1) is 12.9. The smallest absolute Gasteiger partial charge is 0.224 e. The van der Waals surface area contributed by atoms with E-state index in [1.807, 2.05) is 6.07 Å². The SMILES string of the molecule is CN1CCC(NC(=O)Cc2ccccc2O)CC1. The second-order valence-corrected chi connectivity index (χ2v) is 4.95. The number of para-hydroxylation sites is 1. The number of amides is 1. The molecule has 1 aliphatic rings. The van der Waals surface area contributed by atoms with Crippen molar-refractivity contribution in [2.75, 3.05) is 20.1 Å². The van der Waals surface area contributed by atoms with Crippen LogP contribution in [0.2, 0.25) is 0 Å². The Bertz CT molecular complexity index is 412. The summed E-state index contributed by atoms with van der Waals surface area (Å²) in [5.41, 5.74) is 0.683. The molecule has 1 aromatic carbocycles. The van der Waals surface area contributed by atoms with E-state index in [4.69, 9.17) is 0 Å². The topological polar surface area (TPSA) is 52.6 Å². The van der Waals surface area contributed by atoms with Crippen LogP contribution in [0.4, 0.5) is 0 Å². The Morgan fingerprint density at radius 3 is 2.72 bits per heavy atom. The molecule has 0 bridgehead atoms. The van der Waals surface area contributed by atoms with Gasteiger partial charge in [0.1, 0.15) is 5.75 Å². The van der Waals surface area contributed by atoms with Gasteiger partial charge in [0.15, 0.2) is 0 Å². The highest BCUT2D eigenvalue weighted by molar-refractivity contribution is 5.79. The van der Waals surface area contributed by atoms with Crippen LogP contribution in [0.3, 0.4) is 0 Å². The summed E-state index contributed by atoms with van der Waals surface area (Å²) in [7, 11) is 2.10. The summed E-state index contributed by atoms with van der Waals surface area (Å²) in [6.07, 6.45) is 2.25. The van der Waals surface area contributed by atoms with E-state index in [1.54, 1.807) is 18.2 Å². The number of phenolic OH excluding ortho intramolecular Hbond substituents is 1. The lowest BCUT2D eigenvalue weighted by Gasteiger charge is -2.29. The van der Waals surface area contributed by atoms with E-state index < -0.39 is 0 Å². The van der Waals surface area contributed by atoms with Crippen LogP contribution in [0.1, 0.15) is 18.4 Å². The van der Waals surface area contributed by atoms with Gasteiger partial charge in [-0.1, -0.05) is 18.2 Å². The van der Waals surface area contributed by atoms with Crippen molar-refractivity contribution in [2.45, 2.75) is 25.3 Å². The van der Waals surface area contributed by atoms with Crippen molar-refractivity contribution in [1.82, 2.24) is 10.2 Å². The van der Waals surface area contributed by atoms with Crippen LogP contribution < -0.4 is 5.32 Å². The zero-order valence-corrected chi connectivity index (χ0v) is 10.7. The Labute approximate surface area is 108 Å². The molecule has 1 saturated heterocycles. The maximum atomic E-state index is 11.9. The van der Waals surface area contributed by atoms with Gasteiger partial charge in [-0.15, -0.1) is 0 Å². The predicted octanol–water partition coefficient (Wildman–Crippen LogP) is 1.15. The van der Waals surface area contributed by atoms with E-state index in [9.17, 15) is 9.90 Å². The first-order valence-electron chi connectivity index (χ1n) is 6.40. The molecule has 0 aliphatic carbocycles. The normalized spacial score (nSPS) is 17.6. The predicted molar refractivity (Wildman–Crippen MR) is 70.5 cm³/mol. The lowest BCUT2D eigenvalue weighted by Crippen LogP contribution is -2.43. The van der Waals surface area contributed by atoms with Crippen LogP contribution in [0.5, 0.6) is 5.75 Å². The summed E-state index contributed by atoms with van der Waals surface area (Å²) in [4.78, 5) is 14.1. The molecule has 0 radical (unpaired) electrons. The summed E-state index contributed by atoms with van der Waals surface area (Å²) in [6.45, 7) is 2.06. The van der Waals surface area contributed by atoms with Gasteiger partial charge >= 0.3 is 0 Å². The van der Waals surface area contributed by atoms with Gasteiger partial charge in [-0.3, -0.25) is 4.79 Å². The standard InChI is InChI=1S/C14H20N2O2/c1-16-8-6-12(7-9-16)15-14(18)10-11-4-2-3-5-13(11)17/h2-5,12,17H,6-10H2,1H3,(H,15,18). The van der Waals surface area contributed by atoms with Crippen LogP contribution in [0.15, 0.2) is 24.3 Å². The van der Waals surface area contributed by atoms with E-state index in [0.29, 0.717) is 5.56 Å². The fraction of sp³-hybridized carbons (Fsp3) is 0.500. The van der Waals surface area contributed by atoms with E-state index in [0.717, 1.165) is 25.9 Å². The van der Waals surface area contributed by atoms with E-state index >= 15 is 0 Å². The molecule has 0 saturated carbocycles. The molecule has 18 heavy (non-hydrogen) atoms. The zero-order chi connectivity index (χ0) is 13.0. The van der Waals surface area contributed by atoms with Crippen molar-refractivity contribution in [1.29, 1.82) is 0 Å². The molecule has 1 amide bonds. The van der Waals surface area contributed by atoms with Crippen LogP contribution in [0, 0.1) is 0 Å². The molecule has 1 fully saturated rings. The number of piperidine rings is 1. The molecule has 1 aromatic rings. The number of rotatable bonds is 3. The number of benzene rings is 1. The lowest BCUT2D eigenvalue weighted by atomic mass is 10.0. The van der Waals surface area contributed by atoms with Crippen molar-refractivity contribution in [2.24, 2.45) is 0 Å². The Morgan fingerprint density at radius 2 is 2.06 bits per heavy atom. The molecular weight excluding hydrogens is 228 g/mol. The third-order valence-corrected chi connectivity index (χ3v) is 3.43. The number of likely N-dealkylation sites (tertiary alicyclic amines) is 1. The van der Waals surface area contributed by atoms with Crippen LogP contribution in [0.25, 0.3) is 0 Å². The van der Waals surface area contributed by atoms with Gasteiger partial charge in [-0.05, 0) is 39.0 Å². The Morgan fingerprint density at radius 1 is 1.39 bits per heavy atom. The fourth-order valence-corrected chi connectivity index (χ4v) is 2.26. The first-order valence-corrected chi connectivity index (χ1v) is 6.40. The molecule has 2 rings (SSSR count). The molecule has 1 aliphatic heterocycles. The van der Waals surface area contributed by atoms with Gasteiger partial charge < -0.3 is 15.3 Å². The molecule has 2 N–H and O–H groups in total. The molecule has 0 unspecified atom stereocenters. The quantitative estimate of drug-likeness (QED) is 0.843. The van der Waals surface area contributed by atoms with Crippen molar-refractivity contribution < 1.29 is 9.90 Å². The molecular formula is C14H20N2O2. The summed E-state index contributed by atoms with van der Waals surface area (Å²) < 4.78 is 0. The first-order chi connectivity index (χ1) is 8.65. The molecule has 4 nitrogen and oxygen atoms in total. The largest absolute Gasteiger partial charge is 0.508 e. The van der Waals surface area contributed by atoms with Crippen molar-refractivity contribution in [3.8, 4) is 5.75 Å². The monoisotopic (exact) mass is 248 g/mol. The highest BCUT2D eigenvalue weighted by Gasteiger charge is 2.18. The number of nitrogens with zero attached hydrogens (tertiary/aromatic N) is 1. The second kappa shape index (κ2) is 5.87. The average molecular weight is 248 g/mol. The summed E-state index contributed by atoms with van der Waals surface area (Å²) in [6, 6.07) is 7.26. The lowest BCUT2D eigenvalue weighted by molar-refractivity contribution is -0.121. The van der Waals surface area contributed by atoms with E-state index in [2.05, 4.69) is 17.3 Å². The molecule has 1 heterocycles. The summed E-state index contributed by atoms with van der Waals surface area (Å²) in [5, 5.41) is 12.7. The minimum atomic E-state index is -0.00828. The van der Waals surface area contributed by atoms with Gasteiger partial charge in [-0.25, -0.2) is 0 Å². The van der Waals surface area contributed by atoms with Crippen LogP contribution in [-0.4, -0.2) is 42.1 Å². The van der Waals surface area contributed by atoms with E-state index in [-0.39, 0.29) is 24.1 Å². The number of carbonyl (C=O) groups excluding carboxylic acids is 1. The number of carbonyl (C=O) groups is 1. The molecule has 0 spiro atoms. The van der Waals surface area contributed by atoms with Gasteiger partial charge in [-0.2, -0.15) is 0 Å². The Kier molecular flexibility index (Phi) is 4.20. The fourth-order valence-electron chi connectivity index (χ4n) is 2.26. The van der Waals surface area contributed by atoms with Gasteiger partial charge in [0.2, 0.25) is 5.91 Å². The summed E-state index contributed by atoms with van der Waals surface area (Å²) >= 11 is 0. The minimum Gasteiger partial charge on any atom is -0.508 e. The van der Waals surface area contributed by atoms with Gasteiger partial charge in [0.25, 0.3) is 0 Å². The average Bonchev–Trinajstić information content (AvgIpc) is 2.35. The molecule has 4 heteroatoms. The highest BCUT2D eigenvalue weighted by Crippen LogP contribution is 2.16. The van der Waals surface area contributed by atoms with Gasteiger partial charge in [0.05, 0.1) is 6.42 Å². The molecule has 0 aromatic heterocycles. The number of phenols is 1. The van der Waals surface area contributed by atoms with Crippen LogP contribution >= 0.6 is 0 Å². The van der Waals surface area contributed by atoms with Crippen molar-refractivity contribution in [3.63, 3.8) is 0 Å². The van der Waals surface area contributed by atoms with Gasteiger partial charge in [0, 0.05) is 11.6 Å². The maximum Gasteiger partial charge on any atom is 0.224 e. The minimum absolute atomic E-state index is 0.00828. The zero-order valence-electron chi connectivity index (χ0n) is 10.7. The third-order valence-electron chi connectivity index (χ3n) is 3.43. The number of hydrogen-bond acceptors (Lipinski definition) is 3. The van der Waals surface area contributed by atoms with Crippen molar-refractivity contribution in [3.05, 3.63) is 29.8 Å². The highest BCUT2D eigenvalue weighted by atomic mass is 16.3. The second-order valence-electron chi connectivity index (χ2n) is 4.95.